The molecule has 1 aliphatic rings. The van der Waals surface area contributed by atoms with Gasteiger partial charge in [0.05, 0.1) is 5.52 Å². The van der Waals surface area contributed by atoms with Crippen molar-refractivity contribution in [2.45, 2.75) is 37.9 Å². The van der Waals surface area contributed by atoms with E-state index in [9.17, 15) is 0 Å². The Morgan fingerprint density at radius 1 is 1.10 bits per heavy atom. The maximum atomic E-state index is 4.45. The number of benzene rings is 1. The third-order valence-electron chi connectivity index (χ3n) is 3.15. The molecule has 0 spiro atoms. The summed E-state index contributed by atoms with van der Waals surface area (Å²) < 4.78 is 1.54. The molecule has 0 saturated carbocycles. The van der Waals surface area contributed by atoms with Crippen molar-refractivity contribution in [2.24, 2.45) is 4.99 Å². The molecule has 0 saturated heterocycles. The summed E-state index contributed by atoms with van der Waals surface area (Å²) >= 11 is 0.785. The first-order valence-corrected chi connectivity index (χ1v) is 9.43. The van der Waals surface area contributed by atoms with Crippen LogP contribution in [-0.2, 0) is 0 Å². The molecule has 0 aliphatic carbocycles. The second kappa shape index (κ2) is 8.88. The van der Waals surface area contributed by atoms with Gasteiger partial charge in [-0.15, -0.1) is 0 Å². The van der Waals surface area contributed by atoms with Crippen molar-refractivity contribution >= 4 is 30.5 Å². The van der Waals surface area contributed by atoms with Crippen molar-refractivity contribution < 1.29 is 0 Å². The number of aliphatic imine (C=N–C) groups is 1. The van der Waals surface area contributed by atoms with Crippen LogP contribution in [0.1, 0.15) is 32.6 Å². The van der Waals surface area contributed by atoms with Crippen LogP contribution >= 0.6 is 0 Å². The van der Waals surface area contributed by atoms with Crippen LogP contribution in [0.25, 0.3) is 10.9 Å². The van der Waals surface area contributed by atoms with Crippen LogP contribution < -0.4 is 0 Å². The average Bonchev–Trinajstić information content (AvgIpc) is 3.02. The number of hydrogen-bond acceptors (Lipinski definition) is 2. The van der Waals surface area contributed by atoms with E-state index in [0.717, 1.165) is 27.0 Å². The average molecular weight is 333 g/mol. The third kappa shape index (κ3) is 5.07. The minimum Gasteiger partial charge on any atom is -0.256 e. The molecule has 3 heteroatoms. The van der Waals surface area contributed by atoms with Gasteiger partial charge in [-0.2, -0.15) is 0 Å². The molecule has 2 nitrogen and oxygen atoms in total. The van der Waals surface area contributed by atoms with Gasteiger partial charge in [0, 0.05) is 11.6 Å². The maximum absolute atomic E-state index is 4.45. The minimum atomic E-state index is 0.785. The Kier molecular flexibility index (Phi) is 6.76. The second-order valence-corrected chi connectivity index (χ2v) is 7.23. The Morgan fingerprint density at radius 3 is 2.70 bits per heavy atom. The van der Waals surface area contributed by atoms with E-state index in [0.29, 0.717) is 0 Å². The molecule has 1 aliphatic heterocycles. The van der Waals surface area contributed by atoms with E-state index in [1.807, 2.05) is 30.5 Å². The summed E-state index contributed by atoms with van der Waals surface area (Å²) in [5.74, 6) is 0. The largest absolute Gasteiger partial charge is 0.256 e. The van der Waals surface area contributed by atoms with Crippen LogP contribution in [0.4, 0.5) is 0 Å². The SMILES string of the molecule is CCCCCC1=NCC[Se]1.c1ccc2ncccc2c1. The Labute approximate surface area is 127 Å². The Hall–Kier alpha value is -1.18. The molecule has 0 amide bonds. The molecule has 0 atom stereocenters. The molecule has 0 N–H and O–H groups in total. The summed E-state index contributed by atoms with van der Waals surface area (Å²) in [5.41, 5.74) is 1.06. The molecular weight excluding hydrogens is 311 g/mol. The molecule has 2 heterocycles. The summed E-state index contributed by atoms with van der Waals surface area (Å²) in [6.45, 7) is 3.38. The smallest absolute Gasteiger partial charge is 0.0701 e. The molecule has 0 fully saturated rings. The molecule has 3 rings (SSSR count). The molecular formula is C17H22N2Se. The molecule has 2 aromatic rings. The van der Waals surface area contributed by atoms with Crippen molar-refractivity contribution in [1.82, 2.24) is 4.98 Å². The summed E-state index contributed by atoms with van der Waals surface area (Å²) in [7, 11) is 0. The fourth-order valence-corrected chi connectivity index (χ4v) is 3.94. The summed E-state index contributed by atoms with van der Waals surface area (Å²) in [5, 5.41) is 2.57. The topological polar surface area (TPSA) is 25.2 Å². The van der Waals surface area contributed by atoms with E-state index in [1.54, 1.807) is 4.61 Å². The molecule has 106 valence electrons. The van der Waals surface area contributed by atoms with Gasteiger partial charge in [-0.05, 0) is 12.1 Å². The number of unbranched alkanes of at least 4 members (excludes halogenated alkanes) is 2. The monoisotopic (exact) mass is 334 g/mol. The molecule has 0 radical (unpaired) electrons. The van der Waals surface area contributed by atoms with Crippen LogP contribution in [0.2, 0.25) is 5.32 Å². The third-order valence-corrected chi connectivity index (χ3v) is 5.36. The van der Waals surface area contributed by atoms with E-state index in [4.69, 9.17) is 0 Å². The number of aromatic nitrogens is 1. The van der Waals surface area contributed by atoms with Crippen LogP contribution in [0, 0.1) is 0 Å². The first-order chi connectivity index (χ1) is 9.90. The van der Waals surface area contributed by atoms with E-state index >= 15 is 0 Å². The Balaban J connectivity index is 0.000000147. The maximum Gasteiger partial charge on any atom is 0.0701 e. The quantitative estimate of drug-likeness (QED) is 0.604. The van der Waals surface area contributed by atoms with Gasteiger partial charge in [-0.25, -0.2) is 0 Å². The first kappa shape index (κ1) is 15.2. The van der Waals surface area contributed by atoms with Crippen LogP contribution in [0.15, 0.2) is 47.6 Å². The van der Waals surface area contributed by atoms with Gasteiger partial charge in [0.1, 0.15) is 0 Å². The number of pyridine rings is 1. The minimum absolute atomic E-state index is 0.785. The molecule has 1 aromatic heterocycles. The van der Waals surface area contributed by atoms with Gasteiger partial charge < -0.3 is 0 Å². The van der Waals surface area contributed by atoms with E-state index < -0.39 is 0 Å². The van der Waals surface area contributed by atoms with Crippen LogP contribution in [0.5, 0.6) is 0 Å². The second-order valence-electron chi connectivity index (χ2n) is 4.78. The predicted molar refractivity (Wildman–Crippen MR) is 88.7 cm³/mol. The van der Waals surface area contributed by atoms with Crippen molar-refractivity contribution in [3.05, 3.63) is 42.6 Å². The number of nitrogens with zero attached hydrogens (tertiary/aromatic N) is 2. The van der Waals surface area contributed by atoms with E-state index in [2.05, 4.69) is 29.0 Å². The van der Waals surface area contributed by atoms with Gasteiger partial charge in [-0.1, -0.05) is 24.3 Å². The van der Waals surface area contributed by atoms with Gasteiger partial charge in [0.15, 0.2) is 0 Å². The normalized spacial score (nSPS) is 13.8. The molecule has 20 heavy (non-hydrogen) atoms. The van der Waals surface area contributed by atoms with Gasteiger partial charge in [-0.3, -0.25) is 4.98 Å². The van der Waals surface area contributed by atoms with Crippen molar-refractivity contribution in [3.63, 3.8) is 0 Å². The first-order valence-electron chi connectivity index (χ1n) is 7.36. The van der Waals surface area contributed by atoms with Crippen molar-refractivity contribution in [3.8, 4) is 0 Å². The van der Waals surface area contributed by atoms with E-state index in [1.165, 1.54) is 36.4 Å². The van der Waals surface area contributed by atoms with Crippen LogP contribution in [-0.4, -0.2) is 31.1 Å². The fraction of sp³-hybridized carbons (Fsp3) is 0.412. The molecule has 1 aromatic carbocycles. The Morgan fingerprint density at radius 2 is 1.95 bits per heavy atom. The van der Waals surface area contributed by atoms with Crippen LogP contribution in [0.3, 0.4) is 0 Å². The zero-order valence-electron chi connectivity index (χ0n) is 12.1. The van der Waals surface area contributed by atoms with Crippen molar-refractivity contribution in [1.29, 1.82) is 0 Å². The van der Waals surface area contributed by atoms with E-state index in [-0.39, 0.29) is 0 Å². The number of para-hydroxylation sites is 1. The molecule has 0 unspecified atom stereocenters. The number of hydrogen-bond donors (Lipinski definition) is 0. The van der Waals surface area contributed by atoms with Gasteiger partial charge >= 0.3 is 69.0 Å². The standard InChI is InChI=1S/C9H7N.C8H15NSe/c1-2-6-9-8(4-1)5-3-7-10-9;1-2-3-4-5-8-9-6-7-10-8/h1-7H;2-7H2,1H3. The number of fused-ring (bicyclic) bond motifs is 1. The summed E-state index contributed by atoms with van der Waals surface area (Å²) in [6, 6.07) is 12.1. The number of rotatable bonds is 4. The fourth-order valence-electron chi connectivity index (χ4n) is 2.07. The summed E-state index contributed by atoms with van der Waals surface area (Å²) in [6.07, 6.45) is 7.20. The zero-order valence-corrected chi connectivity index (χ0v) is 13.8. The molecule has 0 bridgehead atoms. The van der Waals surface area contributed by atoms with Gasteiger partial charge in [0.2, 0.25) is 0 Å². The summed E-state index contributed by atoms with van der Waals surface area (Å²) in [4.78, 5) is 8.63. The van der Waals surface area contributed by atoms with Crippen molar-refractivity contribution in [2.75, 3.05) is 6.54 Å². The predicted octanol–water partition coefficient (Wildman–Crippen LogP) is 4.34. The van der Waals surface area contributed by atoms with Gasteiger partial charge in [0.25, 0.3) is 0 Å². The zero-order chi connectivity index (χ0) is 14.0. The Bertz CT molecular complexity index is 486.